The second-order valence-electron chi connectivity index (χ2n) is 4.00. The molecule has 1 aliphatic rings. The minimum absolute atomic E-state index is 0.0619. The fourth-order valence-corrected chi connectivity index (χ4v) is 1.95. The molecule has 1 fully saturated rings. The average molecular weight is 200 g/mol. The highest BCUT2D eigenvalue weighted by atomic mass is 16.5. The van der Waals surface area contributed by atoms with Gasteiger partial charge in [-0.1, -0.05) is 6.42 Å². The lowest BCUT2D eigenvalue weighted by molar-refractivity contribution is -0.133. The van der Waals surface area contributed by atoms with Gasteiger partial charge >= 0.3 is 0 Å². The third-order valence-corrected chi connectivity index (χ3v) is 2.72. The number of nitrogens with one attached hydrogen (secondary N) is 1. The lowest BCUT2D eigenvalue weighted by Crippen LogP contribution is -2.54. The van der Waals surface area contributed by atoms with Gasteiger partial charge in [-0.15, -0.1) is 0 Å². The number of piperidine rings is 1. The average Bonchev–Trinajstić information content (AvgIpc) is 2.12. The molecule has 2 unspecified atom stereocenters. The van der Waals surface area contributed by atoms with Crippen LogP contribution in [0.1, 0.15) is 33.1 Å². The highest BCUT2D eigenvalue weighted by Crippen LogP contribution is 2.19. The highest BCUT2D eigenvalue weighted by molar-refractivity contribution is 5.76. The molecule has 82 valence electrons. The summed E-state index contributed by atoms with van der Waals surface area (Å²) in [4.78, 5) is 11.3. The van der Waals surface area contributed by atoms with Crippen LogP contribution in [0.3, 0.4) is 0 Å². The van der Waals surface area contributed by atoms with Crippen LogP contribution in [0.5, 0.6) is 0 Å². The quantitative estimate of drug-likeness (QED) is 0.736. The van der Waals surface area contributed by atoms with Gasteiger partial charge in [0, 0.05) is 19.2 Å². The maximum absolute atomic E-state index is 11.3. The van der Waals surface area contributed by atoms with Gasteiger partial charge in [-0.2, -0.15) is 0 Å². The first-order valence-corrected chi connectivity index (χ1v) is 5.22. The van der Waals surface area contributed by atoms with E-state index in [0.29, 0.717) is 12.1 Å². The first-order valence-electron chi connectivity index (χ1n) is 5.22. The molecule has 0 aliphatic carbocycles. The number of hydrogen-bond acceptors (Lipinski definition) is 3. The van der Waals surface area contributed by atoms with E-state index >= 15 is 0 Å². The molecule has 0 aromatic heterocycles. The van der Waals surface area contributed by atoms with Crippen molar-refractivity contribution in [2.24, 2.45) is 0 Å². The number of hydrogen-bond donors (Lipinski definition) is 1. The predicted molar refractivity (Wildman–Crippen MR) is 54.6 cm³/mol. The fourth-order valence-electron chi connectivity index (χ4n) is 1.95. The number of ether oxygens (including phenoxy) is 1. The van der Waals surface area contributed by atoms with Crippen LogP contribution in [0.2, 0.25) is 0 Å². The van der Waals surface area contributed by atoms with Gasteiger partial charge in [0.2, 0.25) is 0 Å². The molecule has 1 rings (SSSR count). The molecule has 1 amide bonds. The summed E-state index contributed by atoms with van der Waals surface area (Å²) in [6.07, 6.45) is 3.55. The Kier molecular flexibility index (Phi) is 4.35. The van der Waals surface area contributed by atoms with E-state index in [4.69, 9.17) is 4.74 Å². The summed E-state index contributed by atoms with van der Waals surface area (Å²) in [7, 11) is 1.53. The molecule has 14 heavy (non-hydrogen) atoms. The van der Waals surface area contributed by atoms with Crippen molar-refractivity contribution in [1.29, 1.82) is 0 Å². The van der Waals surface area contributed by atoms with E-state index in [1.54, 1.807) is 0 Å². The normalized spacial score (nSPS) is 28.8. The molecule has 0 aromatic rings. The van der Waals surface area contributed by atoms with Gasteiger partial charge in [0.1, 0.15) is 6.61 Å². The summed E-state index contributed by atoms with van der Waals surface area (Å²) in [5.74, 6) is -0.0619. The third-order valence-electron chi connectivity index (χ3n) is 2.72. The predicted octanol–water partition coefficient (Wildman–Crippen LogP) is 0.927. The largest absolute Gasteiger partial charge is 0.375 e. The van der Waals surface area contributed by atoms with Crippen LogP contribution in [0, 0.1) is 0 Å². The second-order valence-corrected chi connectivity index (χ2v) is 4.00. The van der Waals surface area contributed by atoms with E-state index in [0.717, 1.165) is 12.8 Å². The molecular weight excluding hydrogens is 180 g/mol. The summed E-state index contributed by atoms with van der Waals surface area (Å²) >= 11 is 0. The molecular formula is C10H20N2O2. The standard InChI is InChI=1S/C10H20N2O2/c1-8-5-4-6-9(2)12(8)11-10(13)7-14-3/h8-9H,4-7H2,1-3H3,(H,11,13). The van der Waals surface area contributed by atoms with Crippen molar-refractivity contribution < 1.29 is 9.53 Å². The van der Waals surface area contributed by atoms with Crippen LogP contribution in [0.4, 0.5) is 0 Å². The van der Waals surface area contributed by atoms with E-state index in [9.17, 15) is 4.79 Å². The van der Waals surface area contributed by atoms with Crippen LogP contribution >= 0.6 is 0 Å². The Morgan fingerprint density at radius 2 is 2.00 bits per heavy atom. The molecule has 0 spiro atoms. The van der Waals surface area contributed by atoms with Gasteiger partial charge in [0.25, 0.3) is 5.91 Å². The first kappa shape index (κ1) is 11.5. The van der Waals surface area contributed by atoms with Gasteiger partial charge in [0.05, 0.1) is 0 Å². The van der Waals surface area contributed by atoms with E-state index in [1.807, 2.05) is 5.01 Å². The van der Waals surface area contributed by atoms with Crippen molar-refractivity contribution in [2.45, 2.75) is 45.2 Å². The zero-order chi connectivity index (χ0) is 10.6. The Balaban J connectivity index is 2.43. The molecule has 1 saturated heterocycles. The molecule has 1 heterocycles. The van der Waals surface area contributed by atoms with Crippen molar-refractivity contribution >= 4 is 5.91 Å². The summed E-state index contributed by atoms with van der Waals surface area (Å²) < 4.78 is 4.78. The van der Waals surface area contributed by atoms with Crippen molar-refractivity contribution in [1.82, 2.24) is 10.4 Å². The molecule has 0 saturated carbocycles. The number of amides is 1. The van der Waals surface area contributed by atoms with Crippen molar-refractivity contribution in [2.75, 3.05) is 13.7 Å². The zero-order valence-corrected chi connectivity index (χ0v) is 9.25. The molecule has 4 nitrogen and oxygen atoms in total. The smallest absolute Gasteiger partial charge is 0.260 e. The maximum atomic E-state index is 11.3. The zero-order valence-electron chi connectivity index (χ0n) is 9.25. The molecule has 4 heteroatoms. The Bertz CT molecular complexity index is 187. The third kappa shape index (κ3) is 2.96. The topological polar surface area (TPSA) is 41.6 Å². The monoisotopic (exact) mass is 200 g/mol. The lowest BCUT2D eigenvalue weighted by Gasteiger charge is -2.38. The molecule has 0 radical (unpaired) electrons. The van der Waals surface area contributed by atoms with Crippen molar-refractivity contribution in [3.8, 4) is 0 Å². The van der Waals surface area contributed by atoms with Crippen LogP contribution in [-0.2, 0) is 9.53 Å². The number of methoxy groups -OCH3 is 1. The van der Waals surface area contributed by atoms with Gasteiger partial charge < -0.3 is 4.74 Å². The van der Waals surface area contributed by atoms with Crippen LogP contribution in [0.15, 0.2) is 0 Å². The van der Waals surface area contributed by atoms with Crippen molar-refractivity contribution in [3.05, 3.63) is 0 Å². The highest BCUT2D eigenvalue weighted by Gasteiger charge is 2.25. The SMILES string of the molecule is COCC(=O)NN1C(C)CCCC1C. The van der Waals surface area contributed by atoms with Gasteiger partial charge in [0.15, 0.2) is 0 Å². The maximum Gasteiger partial charge on any atom is 0.260 e. The Morgan fingerprint density at radius 3 is 2.50 bits per heavy atom. The summed E-state index contributed by atoms with van der Waals surface area (Å²) in [6.45, 7) is 4.42. The number of carbonyl (C=O) groups excluding carboxylic acids is 1. The Morgan fingerprint density at radius 1 is 1.43 bits per heavy atom. The minimum Gasteiger partial charge on any atom is -0.375 e. The summed E-state index contributed by atoms with van der Waals surface area (Å²) in [5.41, 5.74) is 2.89. The number of hydrazine groups is 1. The molecule has 0 bridgehead atoms. The van der Waals surface area contributed by atoms with Crippen LogP contribution in [-0.4, -0.2) is 36.7 Å². The number of carbonyl (C=O) groups is 1. The molecule has 1 aliphatic heterocycles. The van der Waals surface area contributed by atoms with E-state index < -0.39 is 0 Å². The van der Waals surface area contributed by atoms with E-state index in [-0.39, 0.29) is 12.5 Å². The van der Waals surface area contributed by atoms with Crippen LogP contribution in [0.25, 0.3) is 0 Å². The number of nitrogens with zero attached hydrogens (tertiary/aromatic N) is 1. The minimum atomic E-state index is -0.0619. The second kappa shape index (κ2) is 5.32. The summed E-state index contributed by atoms with van der Waals surface area (Å²) in [6, 6.07) is 0.860. The van der Waals surface area contributed by atoms with Gasteiger partial charge in [-0.25, -0.2) is 5.01 Å². The van der Waals surface area contributed by atoms with Crippen molar-refractivity contribution in [3.63, 3.8) is 0 Å². The van der Waals surface area contributed by atoms with Gasteiger partial charge in [-0.3, -0.25) is 10.2 Å². The van der Waals surface area contributed by atoms with Gasteiger partial charge in [-0.05, 0) is 26.7 Å². The van der Waals surface area contributed by atoms with Crippen LogP contribution < -0.4 is 5.43 Å². The summed E-state index contributed by atoms with van der Waals surface area (Å²) in [5, 5.41) is 2.05. The Hall–Kier alpha value is -0.610. The fraction of sp³-hybridized carbons (Fsp3) is 0.900. The Labute approximate surface area is 85.6 Å². The first-order chi connectivity index (χ1) is 6.65. The lowest BCUT2D eigenvalue weighted by atomic mass is 10.00. The number of rotatable bonds is 3. The molecule has 1 N–H and O–H groups in total. The van der Waals surface area contributed by atoms with E-state index in [1.165, 1.54) is 13.5 Å². The van der Waals surface area contributed by atoms with E-state index in [2.05, 4.69) is 19.3 Å². The molecule has 0 aromatic carbocycles. The molecule has 2 atom stereocenters.